The molecule has 9 heteroatoms. The quantitative estimate of drug-likeness (QED) is 0.708. The topological polar surface area (TPSA) is 96.0 Å². The van der Waals surface area contributed by atoms with Gasteiger partial charge in [0, 0.05) is 6.42 Å². The lowest BCUT2D eigenvalue weighted by atomic mass is 10.1. The smallest absolute Gasteiger partial charge is 0.264 e. The zero-order valence-electron chi connectivity index (χ0n) is 13.4. The standard InChI is InChI=1S/C15H20O7S2/c1-10-3-5-11(6-4-10)24(18,19)12-7-13-14(9-20-23(2,16)17)22-15(8-12)21-13/h3-6,12-15H,7-9H2,1-2H3/t12-,13+,14+,15+/m1/s1. The molecule has 2 saturated heterocycles. The molecule has 2 fully saturated rings. The van der Waals surface area contributed by atoms with Gasteiger partial charge < -0.3 is 9.47 Å². The van der Waals surface area contributed by atoms with Crippen molar-refractivity contribution >= 4 is 20.0 Å². The molecule has 0 unspecified atom stereocenters. The molecule has 0 spiro atoms. The molecule has 4 atom stereocenters. The molecule has 0 saturated carbocycles. The molecule has 2 aliphatic heterocycles. The third-order valence-corrected chi connectivity index (χ3v) is 7.01. The molecule has 0 aliphatic carbocycles. The second kappa shape index (κ2) is 6.38. The number of benzene rings is 1. The Bertz CT molecular complexity index is 799. The van der Waals surface area contributed by atoms with Gasteiger partial charge in [-0.2, -0.15) is 8.42 Å². The fourth-order valence-electron chi connectivity index (χ4n) is 3.00. The fraction of sp³-hybridized carbons (Fsp3) is 0.600. The van der Waals surface area contributed by atoms with Gasteiger partial charge >= 0.3 is 0 Å². The highest BCUT2D eigenvalue weighted by Gasteiger charge is 2.47. The van der Waals surface area contributed by atoms with Crippen molar-refractivity contribution in [2.24, 2.45) is 0 Å². The van der Waals surface area contributed by atoms with E-state index in [1.807, 2.05) is 6.92 Å². The summed E-state index contributed by atoms with van der Waals surface area (Å²) in [6, 6.07) is 6.74. The van der Waals surface area contributed by atoms with Crippen LogP contribution in [-0.2, 0) is 33.6 Å². The minimum Gasteiger partial charge on any atom is -0.347 e. The van der Waals surface area contributed by atoms with Crippen LogP contribution in [0.2, 0.25) is 0 Å². The van der Waals surface area contributed by atoms with E-state index in [9.17, 15) is 16.8 Å². The van der Waals surface area contributed by atoms with Gasteiger partial charge in [0.2, 0.25) is 0 Å². The molecule has 1 aromatic rings. The highest BCUT2D eigenvalue weighted by molar-refractivity contribution is 7.92. The van der Waals surface area contributed by atoms with E-state index in [0.717, 1.165) is 11.8 Å². The summed E-state index contributed by atoms with van der Waals surface area (Å²) >= 11 is 0. The summed E-state index contributed by atoms with van der Waals surface area (Å²) in [4.78, 5) is 0.281. The van der Waals surface area contributed by atoms with Crippen LogP contribution < -0.4 is 0 Å². The van der Waals surface area contributed by atoms with Crippen molar-refractivity contribution in [2.75, 3.05) is 12.9 Å². The molecular formula is C15H20O7S2. The fourth-order valence-corrected chi connectivity index (χ4v) is 5.13. The monoisotopic (exact) mass is 376 g/mol. The first-order valence-corrected chi connectivity index (χ1v) is 11.0. The number of hydrogen-bond acceptors (Lipinski definition) is 7. The van der Waals surface area contributed by atoms with Gasteiger partial charge in [0.25, 0.3) is 10.1 Å². The maximum absolute atomic E-state index is 12.8. The molecule has 2 heterocycles. The van der Waals surface area contributed by atoms with E-state index >= 15 is 0 Å². The number of rotatable bonds is 5. The van der Waals surface area contributed by atoms with Crippen molar-refractivity contribution in [1.29, 1.82) is 0 Å². The van der Waals surface area contributed by atoms with Gasteiger partial charge in [0.1, 0.15) is 6.10 Å². The second-order valence-corrected chi connectivity index (χ2v) is 10.1. The molecule has 0 N–H and O–H groups in total. The number of ether oxygens (including phenoxy) is 2. The van der Waals surface area contributed by atoms with E-state index in [1.165, 1.54) is 0 Å². The van der Waals surface area contributed by atoms with E-state index in [0.29, 0.717) is 0 Å². The second-order valence-electron chi connectivity index (χ2n) is 6.22. The van der Waals surface area contributed by atoms with Gasteiger partial charge in [-0.1, -0.05) is 17.7 Å². The Morgan fingerprint density at radius 3 is 2.38 bits per heavy atom. The summed E-state index contributed by atoms with van der Waals surface area (Å²) in [5.41, 5.74) is 0.988. The average molecular weight is 376 g/mol. The molecule has 3 rings (SSSR count). The van der Waals surface area contributed by atoms with Crippen LogP contribution in [0.25, 0.3) is 0 Å². The van der Waals surface area contributed by atoms with Crippen LogP contribution in [0.5, 0.6) is 0 Å². The first kappa shape index (κ1) is 17.8. The molecule has 7 nitrogen and oxygen atoms in total. The highest BCUT2D eigenvalue weighted by atomic mass is 32.2. The van der Waals surface area contributed by atoms with Crippen LogP contribution in [0.15, 0.2) is 29.2 Å². The lowest BCUT2D eigenvalue weighted by Crippen LogP contribution is -2.37. The van der Waals surface area contributed by atoms with Crippen LogP contribution in [0.3, 0.4) is 0 Å². The summed E-state index contributed by atoms with van der Waals surface area (Å²) in [5.74, 6) is 0. The van der Waals surface area contributed by atoms with Gasteiger partial charge in [-0.05, 0) is 25.5 Å². The van der Waals surface area contributed by atoms with E-state index in [4.69, 9.17) is 13.7 Å². The van der Waals surface area contributed by atoms with E-state index < -0.39 is 43.7 Å². The van der Waals surface area contributed by atoms with Gasteiger partial charge in [0.15, 0.2) is 16.1 Å². The van der Waals surface area contributed by atoms with Crippen LogP contribution in [-0.4, -0.2) is 53.4 Å². The van der Waals surface area contributed by atoms with Gasteiger partial charge in [0.05, 0.1) is 29.1 Å². The zero-order valence-corrected chi connectivity index (χ0v) is 15.0. The summed E-state index contributed by atoms with van der Waals surface area (Å²) in [5, 5.41) is -0.618. The molecule has 0 aromatic heterocycles. The lowest BCUT2D eigenvalue weighted by Gasteiger charge is -2.27. The normalized spacial score (nSPS) is 30.4. The molecule has 2 bridgehead atoms. The molecular weight excluding hydrogens is 356 g/mol. The first-order chi connectivity index (χ1) is 11.1. The summed E-state index contributed by atoms with van der Waals surface area (Å²) in [7, 11) is -7.07. The molecule has 24 heavy (non-hydrogen) atoms. The van der Waals surface area contributed by atoms with E-state index in [1.54, 1.807) is 24.3 Å². The van der Waals surface area contributed by atoms with Gasteiger partial charge in [-0.15, -0.1) is 0 Å². The van der Waals surface area contributed by atoms with Crippen molar-refractivity contribution in [3.05, 3.63) is 29.8 Å². The highest BCUT2D eigenvalue weighted by Crippen LogP contribution is 2.37. The Morgan fingerprint density at radius 2 is 1.75 bits per heavy atom. The van der Waals surface area contributed by atoms with Crippen LogP contribution in [0.4, 0.5) is 0 Å². The van der Waals surface area contributed by atoms with E-state index in [-0.39, 0.29) is 24.3 Å². The SMILES string of the molecule is Cc1ccc(S(=O)(=O)[C@H]2C[C@@H]3O[C@@H](COS(C)(=O)=O)[C@H](C2)O3)cc1. The Kier molecular flexibility index (Phi) is 4.73. The van der Waals surface area contributed by atoms with Crippen LogP contribution in [0.1, 0.15) is 18.4 Å². The average Bonchev–Trinajstić information content (AvgIpc) is 2.78. The number of aryl methyl sites for hydroxylation is 1. The summed E-state index contributed by atoms with van der Waals surface area (Å²) in [6.07, 6.45) is -0.285. The molecule has 0 amide bonds. The van der Waals surface area contributed by atoms with Crippen molar-refractivity contribution < 1.29 is 30.5 Å². The maximum atomic E-state index is 12.8. The Hall–Kier alpha value is -1.00. The predicted molar refractivity (Wildman–Crippen MR) is 85.7 cm³/mol. The molecule has 134 valence electrons. The zero-order chi connectivity index (χ0) is 17.5. The number of hydrogen-bond donors (Lipinski definition) is 0. The number of sulfone groups is 1. The third-order valence-electron chi connectivity index (χ3n) is 4.25. The largest absolute Gasteiger partial charge is 0.347 e. The minimum atomic E-state index is -3.58. The molecule has 1 aromatic carbocycles. The maximum Gasteiger partial charge on any atom is 0.264 e. The third kappa shape index (κ3) is 3.80. The Labute approximate surface area is 142 Å². The van der Waals surface area contributed by atoms with Crippen molar-refractivity contribution in [3.63, 3.8) is 0 Å². The Morgan fingerprint density at radius 1 is 1.08 bits per heavy atom. The lowest BCUT2D eigenvalue weighted by molar-refractivity contribution is -0.0871. The van der Waals surface area contributed by atoms with Crippen LogP contribution in [0, 0.1) is 6.92 Å². The number of fused-ring (bicyclic) bond motifs is 2. The summed E-state index contributed by atoms with van der Waals surface area (Å²) in [6.45, 7) is 1.72. The molecule has 0 radical (unpaired) electrons. The van der Waals surface area contributed by atoms with Crippen molar-refractivity contribution in [1.82, 2.24) is 0 Å². The van der Waals surface area contributed by atoms with Crippen molar-refractivity contribution in [3.8, 4) is 0 Å². The molecule has 2 aliphatic rings. The van der Waals surface area contributed by atoms with Gasteiger partial charge in [-0.25, -0.2) is 8.42 Å². The predicted octanol–water partition coefficient (Wildman–Crippen LogP) is 1.02. The summed E-state index contributed by atoms with van der Waals surface area (Å²) < 4.78 is 63.7. The van der Waals surface area contributed by atoms with E-state index in [2.05, 4.69) is 0 Å². The Balaban J connectivity index is 1.73. The van der Waals surface area contributed by atoms with Gasteiger partial charge in [-0.3, -0.25) is 4.18 Å². The van der Waals surface area contributed by atoms with Crippen LogP contribution >= 0.6 is 0 Å². The first-order valence-electron chi connectivity index (χ1n) is 7.61. The van der Waals surface area contributed by atoms with Crippen molar-refractivity contribution in [2.45, 2.75) is 48.4 Å². The minimum absolute atomic E-state index is 0.169.